The number of hydrogen-bond acceptors (Lipinski definition) is 3. The van der Waals surface area contributed by atoms with Gasteiger partial charge in [0.25, 0.3) is 0 Å². The largest absolute Gasteiger partial charge is 0.241 e. The molecule has 1 aromatic heterocycles. The highest BCUT2D eigenvalue weighted by atomic mass is 19.1. The Morgan fingerprint density at radius 3 is 2.33 bits per heavy atom. The predicted molar refractivity (Wildman–Crippen MR) is 105 cm³/mol. The first-order valence-electron chi connectivity index (χ1n) is 10.2. The molecule has 0 aliphatic heterocycles. The molecule has 1 aliphatic carbocycles. The molecular formula is C23H28FN3. The Bertz CT molecular complexity index is 771. The maximum atomic E-state index is 14.4. The minimum atomic E-state index is -0.479. The zero-order chi connectivity index (χ0) is 19.1. The third-order valence-electron chi connectivity index (χ3n) is 5.83. The van der Waals surface area contributed by atoms with Crippen LogP contribution in [0.2, 0.25) is 0 Å². The Hall–Kier alpha value is -2.28. The van der Waals surface area contributed by atoms with Crippen molar-refractivity contribution in [2.24, 2.45) is 11.8 Å². The van der Waals surface area contributed by atoms with Gasteiger partial charge in [-0.25, -0.2) is 9.97 Å². The molecule has 1 saturated carbocycles. The van der Waals surface area contributed by atoms with Crippen LogP contribution in [0, 0.1) is 29.1 Å². The summed E-state index contributed by atoms with van der Waals surface area (Å²) in [4.78, 5) is 8.47. The number of nitriles is 1. The molecule has 1 aliphatic rings. The number of rotatable bonds is 7. The first-order valence-corrected chi connectivity index (χ1v) is 10.2. The number of halogens is 1. The quantitative estimate of drug-likeness (QED) is 0.558. The van der Waals surface area contributed by atoms with Crippen molar-refractivity contribution in [1.29, 1.82) is 5.26 Å². The molecular weight excluding hydrogens is 337 g/mol. The molecule has 1 fully saturated rings. The highest BCUT2D eigenvalue weighted by Crippen LogP contribution is 2.34. The van der Waals surface area contributed by atoms with E-state index >= 15 is 0 Å². The summed E-state index contributed by atoms with van der Waals surface area (Å²) in [5, 5.41) is 8.86. The Kier molecular flexibility index (Phi) is 6.92. The van der Waals surface area contributed by atoms with Gasteiger partial charge in [-0.15, -0.1) is 0 Å². The van der Waals surface area contributed by atoms with Gasteiger partial charge >= 0.3 is 0 Å². The van der Waals surface area contributed by atoms with E-state index in [0.29, 0.717) is 22.5 Å². The summed E-state index contributed by atoms with van der Waals surface area (Å²) in [5.41, 5.74) is 1.64. The van der Waals surface area contributed by atoms with E-state index in [9.17, 15) is 4.39 Å². The van der Waals surface area contributed by atoms with Crippen molar-refractivity contribution < 1.29 is 4.39 Å². The molecule has 27 heavy (non-hydrogen) atoms. The van der Waals surface area contributed by atoms with Crippen molar-refractivity contribution in [3.8, 4) is 17.2 Å². The fourth-order valence-corrected chi connectivity index (χ4v) is 4.07. The Morgan fingerprint density at radius 1 is 1.07 bits per heavy atom. The number of aryl methyl sites for hydroxylation is 1. The summed E-state index contributed by atoms with van der Waals surface area (Å²) in [6, 6.07) is 8.89. The molecule has 3 rings (SSSR count). The Morgan fingerprint density at radius 2 is 1.74 bits per heavy atom. The van der Waals surface area contributed by atoms with E-state index in [2.05, 4.69) is 23.0 Å². The van der Waals surface area contributed by atoms with Crippen LogP contribution in [-0.4, -0.2) is 9.97 Å². The molecule has 0 spiro atoms. The number of benzene rings is 1. The van der Waals surface area contributed by atoms with Crippen LogP contribution in [0.1, 0.15) is 69.7 Å². The minimum Gasteiger partial charge on any atom is -0.241 e. The smallest absolute Gasteiger partial charge is 0.224 e. The van der Waals surface area contributed by atoms with Crippen LogP contribution in [-0.2, 0) is 6.42 Å². The average molecular weight is 365 g/mol. The summed E-state index contributed by atoms with van der Waals surface area (Å²) in [5.74, 6) is 1.76. The molecule has 1 heterocycles. The molecule has 2 aromatic rings. The fourth-order valence-electron chi connectivity index (χ4n) is 4.07. The molecule has 3 nitrogen and oxygen atoms in total. The maximum absolute atomic E-state index is 14.4. The molecule has 142 valence electrons. The normalized spacial score (nSPS) is 19.6. The van der Waals surface area contributed by atoms with Gasteiger partial charge in [0.15, 0.2) is 0 Å². The van der Waals surface area contributed by atoms with Crippen molar-refractivity contribution in [3.05, 3.63) is 47.8 Å². The highest BCUT2D eigenvalue weighted by Gasteiger charge is 2.21. The first-order chi connectivity index (χ1) is 13.2. The van der Waals surface area contributed by atoms with E-state index in [1.807, 2.05) is 0 Å². The van der Waals surface area contributed by atoms with Gasteiger partial charge in [-0.1, -0.05) is 64.0 Å². The van der Waals surface area contributed by atoms with E-state index in [0.717, 1.165) is 24.7 Å². The van der Waals surface area contributed by atoms with Gasteiger partial charge in [0.05, 0.1) is 17.2 Å². The van der Waals surface area contributed by atoms with Gasteiger partial charge in [0.1, 0.15) is 5.82 Å². The molecule has 0 amide bonds. The van der Waals surface area contributed by atoms with E-state index in [1.165, 1.54) is 44.9 Å². The fraction of sp³-hybridized carbons (Fsp3) is 0.522. The van der Waals surface area contributed by atoms with E-state index in [4.69, 9.17) is 5.26 Å². The molecule has 1 aromatic carbocycles. The predicted octanol–water partition coefficient (Wildman–Crippen LogP) is 6.08. The van der Waals surface area contributed by atoms with Crippen LogP contribution in [0.5, 0.6) is 0 Å². The molecule has 0 atom stereocenters. The molecule has 0 bridgehead atoms. The van der Waals surface area contributed by atoms with Gasteiger partial charge in [0, 0.05) is 12.6 Å². The molecule has 0 N–H and O–H groups in total. The van der Waals surface area contributed by atoms with Gasteiger partial charge in [-0.05, 0) is 36.0 Å². The summed E-state index contributed by atoms with van der Waals surface area (Å²) < 4.78 is 14.4. The van der Waals surface area contributed by atoms with Crippen molar-refractivity contribution in [3.63, 3.8) is 0 Å². The Balaban J connectivity index is 1.53. The van der Waals surface area contributed by atoms with Crippen LogP contribution in [0.3, 0.4) is 0 Å². The van der Waals surface area contributed by atoms with E-state index in [-0.39, 0.29) is 0 Å². The van der Waals surface area contributed by atoms with Crippen LogP contribution < -0.4 is 0 Å². The van der Waals surface area contributed by atoms with Crippen molar-refractivity contribution >= 4 is 0 Å². The van der Waals surface area contributed by atoms with Crippen LogP contribution in [0.15, 0.2) is 30.5 Å². The molecule has 0 radical (unpaired) electrons. The van der Waals surface area contributed by atoms with Crippen LogP contribution in [0.4, 0.5) is 4.39 Å². The monoisotopic (exact) mass is 365 g/mol. The standard InChI is InChI=1S/C23H28FN3/c1-2-3-4-17-5-7-18(8-6-17)11-14-22-26-16-21(23(24)27-22)20-12-9-19(15-25)10-13-20/h9-10,12-13,16-18H,2-8,11,14H2,1H3. The zero-order valence-electron chi connectivity index (χ0n) is 16.1. The second-order valence-electron chi connectivity index (χ2n) is 7.75. The number of unbranched alkanes of at least 4 members (excludes halogenated alkanes) is 1. The summed E-state index contributed by atoms with van der Waals surface area (Å²) in [6.45, 7) is 2.26. The van der Waals surface area contributed by atoms with Gasteiger partial charge in [-0.2, -0.15) is 9.65 Å². The van der Waals surface area contributed by atoms with Gasteiger partial charge in [0.2, 0.25) is 5.95 Å². The minimum absolute atomic E-state index is 0.389. The topological polar surface area (TPSA) is 49.6 Å². The van der Waals surface area contributed by atoms with Gasteiger partial charge < -0.3 is 0 Å². The summed E-state index contributed by atoms with van der Waals surface area (Å²) >= 11 is 0. The lowest BCUT2D eigenvalue weighted by Crippen LogP contribution is -2.15. The molecule has 4 heteroatoms. The van der Waals surface area contributed by atoms with Crippen LogP contribution >= 0.6 is 0 Å². The van der Waals surface area contributed by atoms with Gasteiger partial charge in [-0.3, -0.25) is 0 Å². The second-order valence-corrected chi connectivity index (χ2v) is 7.75. The lowest BCUT2D eigenvalue weighted by atomic mass is 9.78. The van der Waals surface area contributed by atoms with E-state index < -0.39 is 5.95 Å². The number of hydrogen-bond donors (Lipinski definition) is 0. The van der Waals surface area contributed by atoms with Crippen molar-refractivity contribution in [2.75, 3.05) is 0 Å². The summed E-state index contributed by atoms with van der Waals surface area (Å²) in [7, 11) is 0. The van der Waals surface area contributed by atoms with Crippen molar-refractivity contribution in [1.82, 2.24) is 9.97 Å². The lowest BCUT2D eigenvalue weighted by Gasteiger charge is -2.28. The maximum Gasteiger partial charge on any atom is 0.224 e. The highest BCUT2D eigenvalue weighted by molar-refractivity contribution is 5.63. The number of aromatic nitrogens is 2. The average Bonchev–Trinajstić information content (AvgIpc) is 2.72. The molecule has 0 saturated heterocycles. The lowest BCUT2D eigenvalue weighted by molar-refractivity contribution is 0.249. The Labute approximate surface area is 161 Å². The summed E-state index contributed by atoms with van der Waals surface area (Å²) in [6.07, 6.45) is 12.7. The van der Waals surface area contributed by atoms with E-state index in [1.54, 1.807) is 30.5 Å². The third kappa shape index (κ3) is 5.35. The SMILES string of the molecule is CCCCC1CCC(CCc2ncc(-c3ccc(C#N)cc3)c(F)n2)CC1. The van der Waals surface area contributed by atoms with Crippen molar-refractivity contribution in [2.45, 2.75) is 64.7 Å². The number of nitrogens with zero attached hydrogens (tertiary/aromatic N) is 3. The first kappa shape index (κ1) is 19.5. The second kappa shape index (κ2) is 9.60. The zero-order valence-corrected chi connectivity index (χ0v) is 16.1. The molecule has 0 unspecified atom stereocenters. The van der Waals surface area contributed by atoms with Crippen LogP contribution in [0.25, 0.3) is 11.1 Å². The third-order valence-corrected chi connectivity index (χ3v) is 5.83.